The fraction of sp³-hybridized carbons (Fsp3) is 0.533. The second kappa shape index (κ2) is 19.9. The number of rotatable bonds is 16. The van der Waals surface area contributed by atoms with Gasteiger partial charge in [0.25, 0.3) is 0 Å². The number of unbranched alkanes of at least 4 members (excludes halogenated alkanes) is 1. The van der Waals surface area contributed by atoms with Gasteiger partial charge in [0.1, 0.15) is 29.8 Å². The van der Waals surface area contributed by atoms with Gasteiger partial charge in [-0.1, -0.05) is 0 Å². The van der Waals surface area contributed by atoms with Gasteiger partial charge in [-0.2, -0.15) is 0 Å². The smallest absolute Gasteiger partial charge is 0.726 e. The van der Waals surface area contributed by atoms with Gasteiger partial charge < -0.3 is 27.9 Å². The van der Waals surface area contributed by atoms with Crippen molar-refractivity contribution in [1.29, 1.82) is 0 Å². The molecule has 22 heteroatoms. The first-order valence-corrected chi connectivity index (χ1v) is 12.9. The summed E-state index contributed by atoms with van der Waals surface area (Å²) in [5.41, 5.74) is -0.148. The van der Waals surface area contributed by atoms with Gasteiger partial charge in [-0.25, -0.2) is 30.0 Å². The van der Waals surface area contributed by atoms with Crippen LogP contribution in [0.4, 0.5) is 0 Å². The van der Waals surface area contributed by atoms with Gasteiger partial charge in [-0.05, 0) is 31.0 Å². The van der Waals surface area contributed by atoms with Crippen LogP contribution in [-0.2, 0) is 48.5 Å². The van der Waals surface area contributed by atoms with Gasteiger partial charge in [-0.15, -0.1) is 0 Å². The summed E-state index contributed by atoms with van der Waals surface area (Å²) in [7, 11) is -14.3. The molecular weight excluding hydrogens is 601 g/mol. The van der Waals surface area contributed by atoms with Crippen LogP contribution in [0.2, 0.25) is 0 Å². The van der Waals surface area contributed by atoms with Crippen LogP contribution in [0.3, 0.4) is 0 Å². The van der Waals surface area contributed by atoms with Crippen LogP contribution >= 0.6 is 0 Å². The SMILES string of the molecule is COC(=O)c1cc(OC[C@H](COS(=O)(=O)[O-])OS(=O)(=O)[O-])ccc1OCCCCOS(=O)(=O)[O-].[Na+].[Na+].[Na+]. The van der Waals surface area contributed by atoms with E-state index in [0.29, 0.717) is 0 Å². The van der Waals surface area contributed by atoms with Crippen LogP contribution in [0, 0.1) is 0 Å². The van der Waals surface area contributed by atoms with E-state index in [2.05, 4.69) is 17.3 Å². The molecule has 0 bridgehead atoms. The number of hydrogen-bond donors (Lipinski definition) is 0. The molecule has 0 aliphatic rings. The molecular formula is C15H19Na3O16S3. The molecule has 0 spiro atoms. The molecule has 0 heterocycles. The molecule has 0 aromatic heterocycles. The number of methoxy groups -OCH3 is 1. The molecule has 1 atom stereocenters. The Morgan fingerprint density at radius 3 is 1.89 bits per heavy atom. The Balaban J connectivity index is -0.00000385. The second-order valence-electron chi connectivity index (χ2n) is 6.07. The molecule has 0 saturated heterocycles. The largest absolute Gasteiger partial charge is 1.00 e. The minimum atomic E-state index is -5.31. The average molecular weight is 620 g/mol. The van der Waals surface area contributed by atoms with Gasteiger partial charge in [0.05, 0.1) is 26.9 Å². The van der Waals surface area contributed by atoms with E-state index in [9.17, 15) is 43.7 Å². The van der Waals surface area contributed by atoms with Crippen LogP contribution in [0.5, 0.6) is 11.5 Å². The molecule has 196 valence electrons. The van der Waals surface area contributed by atoms with Crippen LogP contribution in [0.25, 0.3) is 0 Å². The summed E-state index contributed by atoms with van der Waals surface area (Å²) in [6.07, 6.45) is -1.41. The molecule has 1 aromatic rings. The van der Waals surface area contributed by atoms with E-state index >= 15 is 0 Å². The van der Waals surface area contributed by atoms with Crippen molar-refractivity contribution in [2.24, 2.45) is 0 Å². The Labute approximate surface area is 280 Å². The van der Waals surface area contributed by atoms with E-state index in [-0.39, 0.29) is 132 Å². The van der Waals surface area contributed by atoms with Crippen molar-refractivity contribution >= 4 is 37.2 Å². The summed E-state index contributed by atoms with van der Waals surface area (Å²) in [6.45, 7) is -2.29. The molecule has 1 rings (SSSR count). The first-order valence-electron chi connectivity index (χ1n) is 8.92. The second-order valence-corrected chi connectivity index (χ2v) is 9.18. The van der Waals surface area contributed by atoms with Crippen molar-refractivity contribution in [2.45, 2.75) is 18.9 Å². The Bertz CT molecular complexity index is 1140. The molecule has 0 N–H and O–H groups in total. The van der Waals surface area contributed by atoms with Gasteiger partial charge >= 0.3 is 94.6 Å². The van der Waals surface area contributed by atoms with Gasteiger partial charge in [0.2, 0.25) is 31.2 Å². The van der Waals surface area contributed by atoms with Crippen LogP contribution in [0.1, 0.15) is 23.2 Å². The third kappa shape index (κ3) is 21.3. The third-order valence-electron chi connectivity index (χ3n) is 3.47. The number of ether oxygens (including phenoxy) is 3. The predicted octanol–water partition coefficient (Wildman–Crippen LogP) is -10.2. The Kier molecular flexibility index (Phi) is 22.8. The Hall–Kier alpha value is 0.900. The van der Waals surface area contributed by atoms with E-state index in [1.165, 1.54) is 12.1 Å². The molecule has 16 nitrogen and oxygen atoms in total. The maximum Gasteiger partial charge on any atom is 1.00 e. The topological polar surface area (TPSA) is 244 Å². The first kappa shape index (κ1) is 42.4. The number of benzene rings is 1. The molecule has 0 aliphatic carbocycles. The van der Waals surface area contributed by atoms with E-state index in [0.717, 1.165) is 13.2 Å². The van der Waals surface area contributed by atoms with Gasteiger partial charge in [0.15, 0.2) is 0 Å². The van der Waals surface area contributed by atoms with Crippen LogP contribution < -0.4 is 98.1 Å². The van der Waals surface area contributed by atoms with Crippen molar-refractivity contribution in [3.8, 4) is 11.5 Å². The zero-order valence-corrected chi connectivity index (χ0v) is 28.8. The zero-order chi connectivity index (χ0) is 26.0. The standard InChI is InChI=1S/C15H22O16S3.3Na/c1-26-15(16)13-8-11(4-5-14(13)27-6-2-3-7-29-32(17,18)19)28-9-12(31-34(23,24)25)10-30-33(20,21)22;;;/h4-5,8,12H,2-3,6-7,9-10H2,1H3,(H,17,18,19)(H,20,21,22)(H,23,24,25);;;/q;3*+1/p-3/t12-;;;/m1.../s1. The molecule has 0 radical (unpaired) electrons. The summed E-state index contributed by atoms with van der Waals surface area (Å²) in [4.78, 5) is 12.0. The number of esters is 1. The molecule has 0 aliphatic heterocycles. The average Bonchev–Trinajstić information content (AvgIpc) is 2.70. The molecule has 0 amide bonds. The minimum absolute atomic E-state index is 0. The zero-order valence-electron chi connectivity index (χ0n) is 20.3. The maximum absolute atomic E-state index is 12.0. The van der Waals surface area contributed by atoms with Gasteiger partial charge in [-0.3, -0.25) is 12.5 Å². The van der Waals surface area contributed by atoms with Crippen LogP contribution in [0.15, 0.2) is 18.2 Å². The fourth-order valence-corrected chi connectivity index (χ4v) is 3.25. The van der Waals surface area contributed by atoms with Crippen molar-refractivity contribution in [3.05, 3.63) is 23.8 Å². The van der Waals surface area contributed by atoms with E-state index in [1.54, 1.807) is 0 Å². The molecule has 37 heavy (non-hydrogen) atoms. The molecule has 0 unspecified atom stereocenters. The summed E-state index contributed by atoms with van der Waals surface area (Å²) < 4.78 is 122. The predicted molar refractivity (Wildman–Crippen MR) is 104 cm³/mol. The summed E-state index contributed by atoms with van der Waals surface area (Å²) in [6, 6.07) is 3.63. The number of carbonyl (C=O) groups excluding carboxylic acids is 1. The van der Waals surface area contributed by atoms with E-state index in [1.807, 2.05) is 0 Å². The third-order valence-corrected chi connectivity index (χ3v) is 4.86. The van der Waals surface area contributed by atoms with Crippen LogP contribution in [-0.4, -0.2) is 84.5 Å². The fourth-order valence-electron chi connectivity index (χ4n) is 2.16. The number of carbonyl (C=O) groups is 1. The normalized spacial score (nSPS) is 12.2. The summed E-state index contributed by atoms with van der Waals surface area (Å²) >= 11 is 0. The summed E-state index contributed by atoms with van der Waals surface area (Å²) in [5, 5.41) is 0. The van der Waals surface area contributed by atoms with Crippen molar-refractivity contribution in [1.82, 2.24) is 0 Å². The monoisotopic (exact) mass is 620 g/mol. The van der Waals surface area contributed by atoms with Crippen molar-refractivity contribution in [3.63, 3.8) is 0 Å². The Morgan fingerprint density at radius 2 is 1.38 bits per heavy atom. The molecule has 0 saturated carbocycles. The maximum atomic E-state index is 12.0. The Morgan fingerprint density at radius 1 is 0.811 bits per heavy atom. The molecule has 1 aromatic carbocycles. The van der Waals surface area contributed by atoms with Crippen molar-refractivity contribution in [2.75, 3.05) is 33.5 Å². The van der Waals surface area contributed by atoms with E-state index in [4.69, 9.17) is 9.47 Å². The number of hydrogen-bond acceptors (Lipinski definition) is 16. The quantitative estimate of drug-likeness (QED) is 0.0547. The van der Waals surface area contributed by atoms with E-state index < -0.39 is 56.5 Å². The minimum Gasteiger partial charge on any atom is -0.726 e. The molecule has 0 fully saturated rings. The van der Waals surface area contributed by atoms with Crippen molar-refractivity contribution < 1.29 is 159 Å². The first-order chi connectivity index (χ1) is 15.6. The van der Waals surface area contributed by atoms with Gasteiger partial charge in [0, 0.05) is 0 Å². The summed E-state index contributed by atoms with van der Waals surface area (Å²) in [5.74, 6) is -0.937.